The molecule has 0 fully saturated rings. The van der Waals surface area contributed by atoms with Gasteiger partial charge in [-0.15, -0.1) is 0 Å². The molecule has 0 bridgehead atoms. The largest absolute Gasteiger partial charge is 0.512 e. The number of hydrogen-bond donors (Lipinski definition) is 1. The first-order chi connectivity index (χ1) is 8.24. The Morgan fingerprint density at radius 1 is 1.35 bits per heavy atom. The summed E-state index contributed by atoms with van der Waals surface area (Å²) in [4.78, 5) is 14.4. The van der Waals surface area contributed by atoms with Gasteiger partial charge in [-0.25, -0.2) is 9.78 Å². The fraction of sp³-hybridized carbons (Fsp3) is 0.538. The van der Waals surface area contributed by atoms with Crippen molar-refractivity contribution in [2.75, 3.05) is 0 Å². The second-order valence-electron chi connectivity index (χ2n) is 4.00. The number of carboxylic acid groups (broad SMARTS) is 1. The van der Waals surface area contributed by atoms with Crippen LogP contribution < -0.4 is 4.74 Å². The molecule has 94 valence electrons. The molecule has 0 spiro atoms. The van der Waals surface area contributed by atoms with Crippen LogP contribution >= 0.6 is 0 Å². The van der Waals surface area contributed by atoms with Crippen LogP contribution in [0.15, 0.2) is 18.3 Å². The number of pyridine rings is 1. The van der Waals surface area contributed by atoms with Crippen molar-refractivity contribution < 1.29 is 14.6 Å². The van der Waals surface area contributed by atoms with Gasteiger partial charge >= 0.3 is 6.16 Å². The van der Waals surface area contributed by atoms with E-state index < -0.39 is 6.16 Å². The first kappa shape index (κ1) is 13.5. The van der Waals surface area contributed by atoms with E-state index in [2.05, 4.69) is 16.6 Å². The third kappa shape index (κ3) is 5.33. The first-order valence-electron chi connectivity index (χ1n) is 6.08. The molecule has 0 radical (unpaired) electrons. The van der Waals surface area contributed by atoms with Gasteiger partial charge in [0.2, 0.25) is 5.88 Å². The number of ether oxygens (including phenoxy) is 1. The lowest BCUT2D eigenvalue weighted by atomic mass is 10.1. The normalized spacial score (nSPS) is 10.2. The van der Waals surface area contributed by atoms with Gasteiger partial charge in [-0.3, -0.25) is 0 Å². The average Bonchev–Trinajstić information content (AvgIpc) is 2.30. The molecule has 0 aliphatic rings. The summed E-state index contributed by atoms with van der Waals surface area (Å²) in [7, 11) is 0. The van der Waals surface area contributed by atoms with Gasteiger partial charge < -0.3 is 9.84 Å². The van der Waals surface area contributed by atoms with Crippen molar-refractivity contribution >= 4 is 6.16 Å². The van der Waals surface area contributed by atoms with E-state index in [0.717, 1.165) is 24.8 Å². The van der Waals surface area contributed by atoms with E-state index in [4.69, 9.17) is 5.11 Å². The first-order valence-corrected chi connectivity index (χ1v) is 6.08. The highest BCUT2D eigenvalue weighted by molar-refractivity contribution is 5.60. The van der Waals surface area contributed by atoms with Crippen molar-refractivity contribution in [1.29, 1.82) is 0 Å². The predicted molar refractivity (Wildman–Crippen MR) is 65.4 cm³/mol. The maximum Gasteiger partial charge on any atom is 0.512 e. The molecule has 0 amide bonds. The highest BCUT2D eigenvalue weighted by atomic mass is 16.7. The van der Waals surface area contributed by atoms with Gasteiger partial charge in [0.05, 0.1) is 0 Å². The van der Waals surface area contributed by atoms with E-state index in [1.165, 1.54) is 19.3 Å². The maximum absolute atomic E-state index is 10.5. The highest BCUT2D eigenvalue weighted by Crippen LogP contribution is 2.17. The Morgan fingerprint density at radius 3 is 2.82 bits per heavy atom. The van der Waals surface area contributed by atoms with Crippen molar-refractivity contribution in [2.24, 2.45) is 0 Å². The smallest absolute Gasteiger partial charge is 0.449 e. The van der Waals surface area contributed by atoms with Crippen molar-refractivity contribution in [3.63, 3.8) is 0 Å². The van der Waals surface area contributed by atoms with Crippen LogP contribution in [-0.4, -0.2) is 16.2 Å². The van der Waals surface area contributed by atoms with E-state index in [-0.39, 0.29) is 5.88 Å². The molecule has 1 aromatic rings. The molecular formula is C13H19NO3. The molecule has 0 saturated heterocycles. The number of rotatable bonds is 7. The summed E-state index contributed by atoms with van der Waals surface area (Å²) in [6.07, 6.45) is 6.96. The number of nitrogens with zero attached hydrogens (tertiary/aromatic N) is 1. The number of aromatic nitrogens is 1. The van der Waals surface area contributed by atoms with Crippen molar-refractivity contribution in [2.45, 2.75) is 45.4 Å². The van der Waals surface area contributed by atoms with Gasteiger partial charge in [0, 0.05) is 11.8 Å². The summed E-state index contributed by atoms with van der Waals surface area (Å²) >= 11 is 0. The molecule has 4 heteroatoms. The molecule has 1 N–H and O–H groups in total. The van der Waals surface area contributed by atoms with Crippen molar-refractivity contribution in [3.8, 4) is 5.88 Å². The zero-order valence-corrected chi connectivity index (χ0v) is 10.2. The monoisotopic (exact) mass is 237 g/mol. The van der Waals surface area contributed by atoms with Crippen LogP contribution in [0.2, 0.25) is 0 Å². The third-order valence-electron chi connectivity index (χ3n) is 2.58. The van der Waals surface area contributed by atoms with E-state index in [1.807, 2.05) is 6.07 Å². The lowest BCUT2D eigenvalue weighted by molar-refractivity contribution is 0.142. The molecule has 0 saturated carbocycles. The second-order valence-corrected chi connectivity index (χ2v) is 4.00. The molecular weight excluding hydrogens is 218 g/mol. The van der Waals surface area contributed by atoms with Gasteiger partial charge in [-0.05, 0) is 18.9 Å². The Labute approximate surface area is 102 Å². The summed E-state index contributed by atoms with van der Waals surface area (Å²) in [6.45, 7) is 2.18. The maximum atomic E-state index is 10.5. The van der Waals surface area contributed by atoms with Crippen LogP contribution in [0.5, 0.6) is 5.88 Å². The highest BCUT2D eigenvalue weighted by Gasteiger charge is 2.08. The lowest BCUT2D eigenvalue weighted by Gasteiger charge is -2.06. The van der Waals surface area contributed by atoms with E-state index in [1.54, 1.807) is 12.3 Å². The quantitative estimate of drug-likeness (QED) is 0.581. The predicted octanol–water partition coefficient (Wildman–Crippen LogP) is 3.65. The van der Waals surface area contributed by atoms with Gasteiger partial charge in [0.25, 0.3) is 0 Å². The van der Waals surface area contributed by atoms with Crippen LogP contribution in [0.25, 0.3) is 0 Å². The topological polar surface area (TPSA) is 59.4 Å². The summed E-state index contributed by atoms with van der Waals surface area (Å²) in [6, 6.07) is 3.67. The summed E-state index contributed by atoms with van der Waals surface area (Å²) in [5.41, 5.74) is 0.867. The standard InChI is InChI=1S/C13H19NO3/c1-2-3-4-5-6-8-11-9-7-10-14-12(11)17-13(15)16/h7,9-10H,2-6,8H2,1H3,(H,15,16). The minimum Gasteiger partial charge on any atom is -0.449 e. The Kier molecular flexibility index (Phi) is 6.07. The van der Waals surface area contributed by atoms with Gasteiger partial charge in [0.1, 0.15) is 0 Å². The number of aryl methyl sites for hydroxylation is 1. The number of unbranched alkanes of at least 4 members (excludes halogenated alkanes) is 4. The summed E-state index contributed by atoms with van der Waals surface area (Å²) in [5, 5.41) is 8.57. The number of hydrogen-bond acceptors (Lipinski definition) is 3. The Morgan fingerprint density at radius 2 is 2.12 bits per heavy atom. The van der Waals surface area contributed by atoms with Crippen LogP contribution in [-0.2, 0) is 6.42 Å². The van der Waals surface area contributed by atoms with E-state index in [9.17, 15) is 4.79 Å². The second kappa shape index (κ2) is 7.65. The van der Waals surface area contributed by atoms with Crippen LogP contribution in [0.4, 0.5) is 4.79 Å². The van der Waals surface area contributed by atoms with Gasteiger partial charge in [0.15, 0.2) is 0 Å². The zero-order valence-electron chi connectivity index (χ0n) is 10.2. The Balaban J connectivity index is 2.43. The molecule has 17 heavy (non-hydrogen) atoms. The van der Waals surface area contributed by atoms with E-state index >= 15 is 0 Å². The van der Waals surface area contributed by atoms with Gasteiger partial charge in [-0.1, -0.05) is 38.7 Å². The van der Waals surface area contributed by atoms with Crippen molar-refractivity contribution in [1.82, 2.24) is 4.98 Å². The fourth-order valence-corrected chi connectivity index (χ4v) is 1.71. The Bertz CT molecular complexity index is 352. The molecule has 1 aromatic heterocycles. The minimum absolute atomic E-state index is 0.218. The van der Waals surface area contributed by atoms with Crippen LogP contribution in [0.3, 0.4) is 0 Å². The van der Waals surface area contributed by atoms with E-state index in [0.29, 0.717) is 0 Å². The Hall–Kier alpha value is -1.58. The SMILES string of the molecule is CCCCCCCc1cccnc1OC(=O)O. The molecule has 0 aromatic carbocycles. The fourth-order valence-electron chi connectivity index (χ4n) is 1.71. The molecule has 4 nitrogen and oxygen atoms in total. The molecule has 0 aliphatic heterocycles. The zero-order chi connectivity index (χ0) is 12.5. The minimum atomic E-state index is -1.31. The molecule has 0 atom stereocenters. The van der Waals surface area contributed by atoms with Crippen LogP contribution in [0, 0.1) is 0 Å². The molecule has 0 aliphatic carbocycles. The molecule has 1 heterocycles. The van der Waals surface area contributed by atoms with Gasteiger partial charge in [-0.2, -0.15) is 0 Å². The summed E-state index contributed by atoms with van der Waals surface area (Å²) < 4.78 is 4.63. The van der Waals surface area contributed by atoms with Crippen molar-refractivity contribution in [3.05, 3.63) is 23.9 Å². The van der Waals surface area contributed by atoms with Crippen LogP contribution in [0.1, 0.15) is 44.6 Å². The number of carbonyl (C=O) groups is 1. The third-order valence-corrected chi connectivity index (χ3v) is 2.58. The average molecular weight is 237 g/mol. The summed E-state index contributed by atoms with van der Waals surface area (Å²) in [5.74, 6) is 0.218. The molecule has 1 rings (SSSR count). The molecule has 0 unspecified atom stereocenters. The lowest BCUT2D eigenvalue weighted by Crippen LogP contribution is -2.06.